The summed E-state index contributed by atoms with van der Waals surface area (Å²) in [5, 5.41) is 3.16. The van der Waals surface area contributed by atoms with Crippen LogP contribution in [0.4, 0.5) is 0 Å². The highest BCUT2D eigenvalue weighted by Gasteiger charge is 2.24. The van der Waals surface area contributed by atoms with E-state index in [2.05, 4.69) is 12.2 Å². The summed E-state index contributed by atoms with van der Waals surface area (Å²) >= 11 is 0. The maximum atomic E-state index is 11.7. The maximum absolute atomic E-state index is 11.7. The monoisotopic (exact) mass is 227 g/mol. The van der Waals surface area contributed by atoms with E-state index in [-0.39, 0.29) is 18.1 Å². The molecular weight excluding hydrogens is 202 g/mol. The van der Waals surface area contributed by atoms with Gasteiger partial charge in [-0.25, -0.2) is 0 Å². The van der Waals surface area contributed by atoms with Crippen molar-refractivity contribution in [3.63, 3.8) is 0 Å². The van der Waals surface area contributed by atoms with Crippen molar-refractivity contribution in [1.29, 1.82) is 0 Å². The van der Waals surface area contributed by atoms with Crippen LogP contribution in [0.25, 0.3) is 0 Å². The Labute approximate surface area is 98.9 Å². The van der Waals surface area contributed by atoms with E-state index >= 15 is 0 Å². The first kappa shape index (κ1) is 13.5. The van der Waals surface area contributed by atoms with E-state index in [9.17, 15) is 4.79 Å². The number of nitrogens with one attached hydrogen (secondary N) is 1. The normalized spacial score (nSPS) is 22.0. The van der Waals surface area contributed by atoms with Crippen LogP contribution in [0.1, 0.15) is 58.8 Å². The van der Waals surface area contributed by atoms with Gasteiger partial charge in [-0.3, -0.25) is 4.79 Å². The Kier molecular flexibility index (Phi) is 6.46. The molecule has 0 aromatic heterocycles. The number of rotatable bonds is 7. The van der Waals surface area contributed by atoms with Gasteiger partial charge in [0, 0.05) is 0 Å². The number of ether oxygens (including phenoxy) is 1. The van der Waals surface area contributed by atoms with Crippen molar-refractivity contribution in [2.75, 3.05) is 6.54 Å². The lowest BCUT2D eigenvalue weighted by Gasteiger charge is -2.16. The maximum Gasteiger partial charge on any atom is 0.323 e. The Bertz CT molecular complexity index is 200. The molecule has 0 radical (unpaired) electrons. The Hall–Kier alpha value is -0.570. The van der Waals surface area contributed by atoms with Crippen LogP contribution in [-0.4, -0.2) is 24.7 Å². The predicted octanol–water partition coefficient (Wildman–Crippen LogP) is 2.64. The number of esters is 1. The summed E-state index contributed by atoms with van der Waals surface area (Å²) in [4.78, 5) is 11.7. The molecule has 16 heavy (non-hydrogen) atoms. The highest BCUT2D eigenvalue weighted by molar-refractivity contribution is 5.76. The SMILES string of the molecule is CCCCCCC(C)OC(=O)[C@@H]1CCCN1. The van der Waals surface area contributed by atoms with Crippen LogP contribution in [0.5, 0.6) is 0 Å². The van der Waals surface area contributed by atoms with E-state index in [1.54, 1.807) is 0 Å². The van der Waals surface area contributed by atoms with E-state index in [0.29, 0.717) is 0 Å². The lowest BCUT2D eigenvalue weighted by Crippen LogP contribution is -2.34. The van der Waals surface area contributed by atoms with Gasteiger partial charge >= 0.3 is 5.97 Å². The van der Waals surface area contributed by atoms with Gasteiger partial charge in [-0.1, -0.05) is 26.2 Å². The van der Waals surface area contributed by atoms with E-state index < -0.39 is 0 Å². The van der Waals surface area contributed by atoms with Crippen LogP contribution in [0.3, 0.4) is 0 Å². The van der Waals surface area contributed by atoms with Gasteiger partial charge in [0.25, 0.3) is 0 Å². The van der Waals surface area contributed by atoms with Crippen LogP contribution in [-0.2, 0) is 9.53 Å². The quantitative estimate of drug-likeness (QED) is 0.537. The number of carbonyl (C=O) groups excluding carboxylic acids is 1. The van der Waals surface area contributed by atoms with E-state index in [1.807, 2.05) is 6.92 Å². The number of unbranched alkanes of at least 4 members (excludes halogenated alkanes) is 3. The third kappa shape index (κ3) is 4.97. The van der Waals surface area contributed by atoms with E-state index in [0.717, 1.165) is 25.8 Å². The standard InChI is InChI=1S/C13H25NO2/c1-3-4-5-6-8-11(2)16-13(15)12-9-7-10-14-12/h11-12,14H,3-10H2,1-2H3/t11?,12-/m0/s1. The number of hydrogen-bond acceptors (Lipinski definition) is 3. The van der Waals surface area contributed by atoms with Crippen molar-refractivity contribution < 1.29 is 9.53 Å². The molecule has 0 saturated carbocycles. The zero-order chi connectivity index (χ0) is 11.8. The van der Waals surface area contributed by atoms with Gasteiger partial charge in [-0.05, 0) is 39.2 Å². The minimum atomic E-state index is -0.0551. The average molecular weight is 227 g/mol. The zero-order valence-corrected chi connectivity index (χ0v) is 10.6. The molecule has 1 rings (SSSR count). The summed E-state index contributed by atoms with van der Waals surface area (Å²) in [5.74, 6) is -0.0551. The summed E-state index contributed by atoms with van der Waals surface area (Å²) in [6.07, 6.45) is 8.04. The van der Waals surface area contributed by atoms with Crippen LogP contribution in [0.2, 0.25) is 0 Å². The minimum absolute atomic E-state index is 0.0434. The van der Waals surface area contributed by atoms with E-state index in [4.69, 9.17) is 4.74 Å². The van der Waals surface area contributed by atoms with Crippen molar-refractivity contribution in [3.8, 4) is 0 Å². The number of carbonyl (C=O) groups is 1. The second-order valence-electron chi connectivity index (χ2n) is 4.75. The fraction of sp³-hybridized carbons (Fsp3) is 0.923. The molecule has 94 valence electrons. The molecule has 0 aromatic rings. The fourth-order valence-corrected chi connectivity index (χ4v) is 2.08. The summed E-state index contributed by atoms with van der Waals surface area (Å²) in [7, 11) is 0. The second-order valence-corrected chi connectivity index (χ2v) is 4.75. The van der Waals surface area contributed by atoms with Crippen LogP contribution in [0, 0.1) is 0 Å². The summed E-state index contributed by atoms with van der Waals surface area (Å²) < 4.78 is 5.41. The molecule has 1 fully saturated rings. The Morgan fingerprint density at radius 2 is 2.25 bits per heavy atom. The fourth-order valence-electron chi connectivity index (χ4n) is 2.08. The van der Waals surface area contributed by atoms with Crippen LogP contribution < -0.4 is 5.32 Å². The minimum Gasteiger partial charge on any atom is -0.462 e. The molecule has 0 bridgehead atoms. The molecule has 0 spiro atoms. The smallest absolute Gasteiger partial charge is 0.323 e. The van der Waals surface area contributed by atoms with Crippen molar-refractivity contribution in [3.05, 3.63) is 0 Å². The zero-order valence-electron chi connectivity index (χ0n) is 10.6. The predicted molar refractivity (Wildman–Crippen MR) is 65.3 cm³/mol. The van der Waals surface area contributed by atoms with Gasteiger partial charge < -0.3 is 10.1 Å². The summed E-state index contributed by atoms with van der Waals surface area (Å²) in [6.45, 7) is 5.15. The molecule has 1 aliphatic rings. The van der Waals surface area contributed by atoms with Gasteiger partial charge in [0.05, 0.1) is 6.10 Å². The summed E-state index contributed by atoms with van der Waals surface area (Å²) in [5.41, 5.74) is 0. The Morgan fingerprint density at radius 3 is 2.88 bits per heavy atom. The van der Waals surface area contributed by atoms with Crippen molar-refractivity contribution in [1.82, 2.24) is 5.32 Å². The first-order valence-corrected chi connectivity index (χ1v) is 6.68. The van der Waals surface area contributed by atoms with Gasteiger partial charge in [-0.2, -0.15) is 0 Å². The number of hydrogen-bond donors (Lipinski definition) is 1. The van der Waals surface area contributed by atoms with Gasteiger partial charge in [0.2, 0.25) is 0 Å². The molecule has 3 heteroatoms. The molecule has 0 aromatic carbocycles. The molecular formula is C13H25NO2. The second kappa shape index (κ2) is 7.66. The van der Waals surface area contributed by atoms with Crippen LogP contribution >= 0.6 is 0 Å². The first-order valence-electron chi connectivity index (χ1n) is 6.68. The molecule has 0 aliphatic carbocycles. The van der Waals surface area contributed by atoms with Gasteiger partial charge in [0.1, 0.15) is 6.04 Å². The third-order valence-corrected chi connectivity index (χ3v) is 3.13. The molecule has 1 aliphatic heterocycles. The first-order chi connectivity index (χ1) is 7.74. The van der Waals surface area contributed by atoms with E-state index in [1.165, 1.54) is 25.7 Å². The molecule has 2 atom stereocenters. The lowest BCUT2D eigenvalue weighted by atomic mass is 10.1. The highest BCUT2D eigenvalue weighted by Crippen LogP contribution is 2.11. The molecule has 1 heterocycles. The topological polar surface area (TPSA) is 38.3 Å². The third-order valence-electron chi connectivity index (χ3n) is 3.13. The Morgan fingerprint density at radius 1 is 1.44 bits per heavy atom. The van der Waals surface area contributed by atoms with Crippen LogP contribution in [0.15, 0.2) is 0 Å². The van der Waals surface area contributed by atoms with Gasteiger partial charge in [0.15, 0.2) is 0 Å². The van der Waals surface area contributed by atoms with Crippen molar-refractivity contribution in [2.24, 2.45) is 0 Å². The van der Waals surface area contributed by atoms with Crippen molar-refractivity contribution >= 4 is 5.97 Å². The van der Waals surface area contributed by atoms with Gasteiger partial charge in [-0.15, -0.1) is 0 Å². The molecule has 1 unspecified atom stereocenters. The molecule has 1 saturated heterocycles. The molecule has 3 nitrogen and oxygen atoms in total. The molecule has 1 N–H and O–H groups in total. The highest BCUT2D eigenvalue weighted by atomic mass is 16.5. The average Bonchev–Trinajstić information content (AvgIpc) is 2.77. The van der Waals surface area contributed by atoms with Crippen molar-refractivity contribution in [2.45, 2.75) is 70.9 Å². The molecule has 0 amide bonds. The summed E-state index contributed by atoms with van der Waals surface area (Å²) in [6, 6.07) is -0.0434. The Balaban J connectivity index is 2.08. The lowest BCUT2D eigenvalue weighted by molar-refractivity contribution is -0.150. The largest absolute Gasteiger partial charge is 0.462 e.